The summed E-state index contributed by atoms with van der Waals surface area (Å²) in [5.41, 5.74) is 12.8. The lowest BCUT2D eigenvalue weighted by atomic mass is 10.1. The SMILES string of the molecule is Nc1ccncc1[C@@H](N)CCO. The van der Waals surface area contributed by atoms with E-state index in [1.165, 1.54) is 0 Å². The molecule has 4 heteroatoms. The number of anilines is 1. The molecule has 1 atom stereocenters. The fourth-order valence-electron chi connectivity index (χ4n) is 1.02. The second-order valence-electron chi connectivity index (χ2n) is 2.62. The van der Waals surface area contributed by atoms with Crippen molar-refractivity contribution in [1.29, 1.82) is 0 Å². The van der Waals surface area contributed by atoms with Crippen LogP contribution in [0.25, 0.3) is 0 Å². The van der Waals surface area contributed by atoms with Crippen LogP contribution in [0.5, 0.6) is 0 Å². The van der Waals surface area contributed by atoms with Crippen molar-refractivity contribution in [2.45, 2.75) is 12.5 Å². The summed E-state index contributed by atoms with van der Waals surface area (Å²) >= 11 is 0. The predicted molar refractivity (Wildman–Crippen MR) is 47.3 cm³/mol. The lowest BCUT2D eigenvalue weighted by Crippen LogP contribution is -2.14. The van der Waals surface area contributed by atoms with Crippen molar-refractivity contribution in [2.24, 2.45) is 5.73 Å². The summed E-state index contributed by atoms with van der Waals surface area (Å²) in [4.78, 5) is 3.91. The van der Waals surface area contributed by atoms with Gasteiger partial charge in [0.15, 0.2) is 0 Å². The number of rotatable bonds is 3. The van der Waals surface area contributed by atoms with Crippen molar-refractivity contribution >= 4 is 5.69 Å². The molecular weight excluding hydrogens is 154 g/mol. The number of nitrogens with two attached hydrogens (primary N) is 2. The van der Waals surface area contributed by atoms with Crippen LogP contribution in [0.2, 0.25) is 0 Å². The Morgan fingerprint density at radius 3 is 2.92 bits per heavy atom. The molecule has 1 aromatic rings. The van der Waals surface area contributed by atoms with E-state index in [4.69, 9.17) is 16.6 Å². The van der Waals surface area contributed by atoms with Gasteiger partial charge in [0.25, 0.3) is 0 Å². The van der Waals surface area contributed by atoms with Crippen LogP contribution in [0.15, 0.2) is 18.5 Å². The fourth-order valence-corrected chi connectivity index (χ4v) is 1.02. The zero-order valence-electron chi connectivity index (χ0n) is 6.77. The van der Waals surface area contributed by atoms with Gasteiger partial charge in [0, 0.05) is 36.3 Å². The highest BCUT2D eigenvalue weighted by Gasteiger charge is 2.07. The Morgan fingerprint density at radius 1 is 1.58 bits per heavy atom. The minimum Gasteiger partial charge on any atom is -0.398 e. The van der Waals surface area contributed by atoms with Gasteiger partial charge in [0.2, 0.25) is 0 Å². The summed E-state index contributed by atoms with van der Waals surface area (Å²) < 4.78 is 0. The maximum Gasteiger partial charge on any atom is 0.0449 e. The molecule has 0 aliphatic carbocycles. The zero-order chi connectivity index (χ0) is 8.97. The first-order chi connectivity index (χ1) is 5.75. The van der Waals surface area contributed by atoms with Crippen LogP contribution >= 0.6 is 0 Å². The number of nitrogens with zero attached hydrogens (tertiary/aromatic N) is 1. The molecule has 12 heavy (non-hydrogen) atoms. The van der Waals surface area contributed by atoms with Crippen LogP contribution in [0, 0.1) is 0 Å². The van der Waals surface area contributed by atoms with E-state index in [-0.39, 0.29) is 12.6 Å². The predicted octanol–water partition coefficient (Wildman–Crippen LogP) is 0.0460. The van der Waals surface area contributed by atoms with Crippen molar-refractivity contribution < 1.29 is 5.11 Å². The average Bonchev–Trinajstić information content (AvgIpc) is 2.05. The number of nitrogen functional groups attached to an aromatic ring is 1. The Kier molecular flexibility index (Phi) is 3.01. The highest BCUT2D eigenvalue weighted by molar-refractivity contribution is 5.45. The Labute approximate surface area is 71.2 Å². The van der Waals surface area contributed by atoms with Crippen LogP contribution in [0.3, 0.4) is 0 Å². The minimum absolute atomic E-state index is 0.0650. The molecule has 1 aromatic heterocycles. The number of hydrogen-bond donors (Lipinski definition) is 3. The molecule has 0 fully saturated rings. The van der Waals surface area contributed by atoms with E-state index in [2.05, 4.69) is 4.98 Å². The van der Waals surface area contributed by atoms with Gasteiger partial charge < -0.3 is 16.6 Å². The van der Waals surface area contributed by atoms with Crippen molar-refractivity contribution in [3.05, 3.63) is 24.0 Å². The van der Waals surface area contributed by atoms with Crippen molar-refractivity contribution in [1.82, 2.24) is 4.98 Å². The lowest BCUT2D eigenvalue weighted by Gasteiger charge is -2.11. The Hall–Kier alpha value is -1.13. The molecule has 0 aliphatic rings. The standard InChI is InChI=1S/C8H13N3O/c9-7-1-3-11-5-6(7)8(10)2-4-12/h1,3,5,8,12H,2,4,10H2,(H2,9,11)/t8-/m0/s1. The van der Waals surface area contributed by atoms with Gasteiger partial charge in [-0.15, -0.1) is 0 Å². The molecule has 0 radical (unpaired) electrons. The summed E-state index contributed by atoms with van der Waals surface area (Å²) in [5, 5.41) is 8.65. The molecular formula is C8H13N3O. The van der Waals surface area contributed by atoms with E-state index in [9.17, 15) is 0 Å². The first kappa shape index (κ1) is 8.96. The first-order valence-electron chi connectivity index (χ1n) is 3.81. The number of aromatic nitrogens is 1. The maximum absolute atomic E-state index is 8.65. The molecule has 1 heterocycles. The molecule has 0 saturated carbocycles. The highest BCUT2D eigenvalue weighted by atomic mass is 16.3. The lowest BCUT2D eigenvalue weighted by molar-refractivity contribution is 0.276. The van der Waals surface area contributed by atoms with Crippen molar-refractivity contribution in [3.63, 3.8) is 0 Å². The normalized spacial score (nSPS) is 12.8. The average molecular weight is 167 g/mol. The molecule has 1 rings (SSSR count). The smallest absolute Gasteiger partial charge is 0.0449 e. The van der Waals surface area contributed by atoms with E-state index < -0.39 is 0 Å². The van der Waals surface area contributed by atoms with Gasteiger partial charge in [-0.1, -0.05) is 0 Å². The van der Waals surface area contributed by atoms with Gasteiger partial charge in [0.05, 0.1) is 0 Å². The van der Waals surface area contributed by atoms with E-state index in [1.54, 1.807) is 18.5 Å². The van der Waals surface area contributed by atoms with Crippen molar-refractivity contribution in [3.8, 4) is 0 Å². The van der Waals surface area contributed by atoms with Crippen LogP contribution in [0.4, 0.5) is 5.69 Å². The molecule has 0 saturated heterocycles. The third-order valence-electron chi connectivity index (χ3n) is 1.73. The molecule has 4 nitrogen and oxygen atoms in total. The molecule has 66 valence electrons. The summed E-state index contributed by atoms with van der Waals surface area (Å²) in [6, 6.07) is 1.48. The van der Waals surface area contributed by atoms with Gasteiger partial charge in [-0.2, -0.15) is 0 Å². The monoisotopic (exact) mass is 167 g/mol. The molecule has 0 aromatic carbocycles. The molecule has 0 spiro atoms. The second-order valence-corrected chi connectivity index (χ2v) is 2.62. The first-order valence-corrected chi connectivity index (χ1v) is 3.81. The van der Waals surface area contributed by atoms with Crippen molar-refractivity contribution in [2.75, 3.05) is 12.3 Å². The topological polar surface area (TPSA) is 85.2 Å². The second kappa shape index (κ2) is 4.04. The maximum atomic E-state index is 8.65. The number of aliphatic hydroxyl groups is 1. The van der Waals surface area contributed by atoms with Gasteiger partial charge in [-0.3, -0.25) is 4.98 Å². The molecule has 0 amide bonds. The van der Waals surface area contributed by atoms with E-state index in [0.717, 1.165) is 5.56 Å². The van der Waals surface area contributed by atoms with E-state index >= 15 is 0 Å². The third-order valence-corrected chi connectivity index (χ3v) is 1.73. The Bertz CT molecular complexity index is 252. The number of pyridine rings is 1. The summed E-state index contributed by atoms with van der Waals surface area (Å²) in [6.45, 7) is 0.0650. The van der Waals surface area contributed by atoms with E-state index in [0.29, 0.717) is 12.1 Å². The molecule has 0 aliphatic heterocycles. The molecule has 0 unspecified atom stereocenters. The summed E-state index contributed by atoms with van der Waals surface area (Å²) in [5.74, 6) is 0. The summed E-state index contributed by atoms with van der Waals surface area (Å²) in [7, 11) is 0. The van der Waals surface area contributed by atoms with Crippen LogP contribution < -0.4 is 11.5 Å². The van der Waals surface area contributed by atoms with Crippen LogP contribution in [0.1, 0.15) is 18.0 Å². The minimum atomic E-state index is -0.219. The van der Waals surface area contributed by atoms with Gasteiger partial charge in [0.1, 0.15) is 0 Å². The zero-order valence-corrected chi connectivity index (χ0v) is 6.77. The number of hydrogen-bond acceptors (Lipinski definition) is 4. The quantitative estimate of drug-likeness (QED) is 0.593. The molecule has 0 bridgehead atoms. The Morgan fingerprint density at radius 2 is 2.33 bits per heavy atom. The van der Waals surface area contributed by atoms with Gasteiger partial charge in [-0.05, 0) is 12.5 Å². The van der Waals surface area contributed by atoms with Gasteiger partial charge >= 0.3 is 0 Å². The van der Waals surface area contributed by atoms with Crippen LogP contribution in [-0.2, 0) is 0 Å². The fraction of sp³-hybridized carbons (Fsp3) is 0.375. The third kappa shape index (κ3) is 1.93. The number of aliphatic hydroxyl groups excluding tert-OH is 1. The summed E-state index contributed by atoms with van der Waals surface area (Å²) in [6.07, 6.45) is 3.76. The van der Waals surface area contributed by atoms with E-state index in [1.807, 2.05) is 0 Å². The Balaban J connectivity index is 2.79. The highest BCUT2D eigenvalue weighted by Crippen LogP contribution is 2.18. The largest absolute Gasteiger partial charge is 0.398 e. The molecule has 5 N–H and O–H groups in total. The van der Waals surface area contributed by atoms with Gasteiger partial charge in [-0.25, -0.2) is 0 Å². The van der Waals surface area contributed by atoms with Crippen LogP contribution in [-0.4, -0.2) is 16.7 Å².